The second-order valence-electron chi connectivity index (χ2n) is 4.07. The number of hydrogen-bond acceptors (Lipinski definition) is 2. The van der Waals surface area contributed by atoms with Gasteiger partial charge in [-0.15, -0.1) is 0 Å². The zero-order valence-electron chi connectivity index (χ0n) is 9.09. The molecule has 0 radical (unpaired) electrons. The van der Waals surface area contributed by atoms with E-state index in [9.17, 15) is 9.59 Å². The highest BCUT2D eigenvalue weighted by Crippen LogP contribution is 2.19. The number of likely N-dealkylation sites (tertiary alicyclic amines) is 1. The van der Waals surface area contributed by atoms with Gasteiger partial charge in [0.15, 0.2) is 0 Å². The lowest BCUT2D eigenvalue weighted by atomic mass is 10.2. The number of carboxylic acid groups (broad SMARTS) is 1. The Morgan fingerprint density at radius 3 is 2.94 bits per heavy atom. The zero-order chi connectivity index (χ0) is 11.7. The van der Waals surface area contributed by atoms with Gasteiger partial charge in [-0.3, -0.25) is 4.79 Å². The van der Waals surface area contributed by atoms with Gasteiger partial charge in [0, 0.05) is 24.8 Å². The minimum atomic E-state index is -0.914. The summed E-state index contributed by atoms with van der Waals surface area (Å²) in [5, 5.41) is 8.84. The first kappa shape index (κ1) is 10.7. The van der Waals surface area contributed by atoms with Crippen molar-refractivity contribution in [1.82, 2.24) is 9.47 Å². The van der Waals surface area contributed by atoms with Gasteiger partial charge in [0.2, 0.25) is 0 Å². The Hall–Kier alpha value is -1.78. The van der Waals surface area contributed by atoms with Crippen molar-refractivity contribution in [2.75, 3.05) is 13.1 Å². The molecular weight excluding hydrogens is 208 g/mol. The largest absolute Gasteiger partial charge is 0.465 e. The lowest BCUT2D eigenvalue weighted by Gasteiger charge is -2.15. The molecule has 0 bridgehead atoms. The highest BCUT2D eigenvalue weighted by Gasteiger charge is 2.27. The Morgan fingerprint density at radius 1 is 1.56 bits per heavy atom. The van der Waals surface area contributed by atoms with Gasteiger partial charge in [-0.25, -0.2) is 4.79 Å². The summed E-state index contributed by atoms with van der Waals surface area (Å²) in [4.78, 5) is 23.9. The second-order valence-corrected chi connectivity index (χ2v) is 4.07. The minimum absolute atomic E-state index is 0.0245. The molecule has 1 aliphatic rings. The molecule has 5 heteroatoms. The summed E-state index contributed by atoms with van der Waals surface area (Å²) < 4.78 is 1.64. The van der Waals surface area contributed by atoms with Crippen LogP contribution in [0.1, 0.15) is 18.0 Å². The highest BCUT2D eigenvalue weighted by atomic mass is 16.4. The average molecular weight is 222 g/mol. The van der Waals surface area contributed by atoms with Crippen LogP contribution in [0.4, 0.5) is 4.79 Å². The highest BCUT2D eigenvalue weighted by molar-refractivity contribution is 5.65. The summed E-state index contributed by atoms with van der Waals surface area (Å²) in [5.74, 6) is 0. The summed E-state index contributed by atoms with van der Waals surface area (Å²) in [7, 11) is 0. The minimum Gasteiger partial charge on any atom is -0.465 e. The van der Waals surface area contributed by atoms with Gasteiger partial charge >= 0.3 is 6.09 Å². The van der Waals surface area contributed by atoms with E-state index in [1.165, 1.54) is 4.90 Å². The van der Waals surface area contributed by atoms with E-state index >= 15 is 0 Å². The monoisotopic (exact) mass is 222 g/mol. The molecule has 2 heterocycles. The molecule has 1 fully saturated rings. The van der Waals surface area contributed by atoms with Gasteiger partial charge in [-0.2, -0.15) is 0 Å². The summed E-state index contributed by atoms with van der Waals surface area (Å²) in [6.07, 6.45) is 1.52. The van der Waals surface area contributed by atoms with E-state index < -0.39 is 6.09 Å². The van der Waals surface area contributed by atoms with Crippen molar-refractivity contribution in [2.24, 2.45) is 0 Å². The number of aromatic nitrogens is 1. The van der Waals surface area contributed by atoms with Crippen LogP contribution >= 0.6 is 0 Å². The van der Waals surface area contributed by atoms with Crippen LogP contribution in [0.15, 0.2) is 23.1 Å². The topological polar surface area (TPSA) is 62.5 Å². The van der Waals surface area contributed by atoms with Crippen molar-refractivity contribution >= 4 is 6.09 Å². The van der Waals surface area contributed by atoms with Crippen LogP contribution in [0.25, 0.3) is 0 Å². The van der Waals surface area contributed by atoms with Crippen molar-refractivity contribution in [2.45, 2.75) is 19.4 Å². The molecule has 1 saturated heterocycles. The predicted molar refractivity (Wildman–Crippen MR) is 58.7 cm³/mol. The van der Waals surface area contributed by atoms with Crippen molar-refractivity contribution in [3.63, 3.8) is 0 Å². The molecule has 1 aliphatic heterocycles. The fourth-order valence-electron chi connectivity index (χ4n) is 2.05. The summed E-state index contributed by atoms with van der Waals surface area (Å²) in [5.41, 5.74) is 0.663. The summed E-state index contributed by atoms with van der Waals surface area (Å²) in [6.45, 7) is 2.67. The number of hydrogen-bond donors (Lipinski definition) is 1. The van der Waals surface area contributed by atoms with Crippen LogP contribution in [0, 0.1) is 6.92 Å². The molecule has 5 nitrogen and oxygen atoms in total. The van der Waals surface area contributed by atoms with Crippen molar-refractivity contribution in [3.8, 4) is 0 Å². The molecular formula is C11H14N2O3. The van der Waals surface area contributed by atoms with Gasteiger partial charge in [-0.1, -0.05) is 6.07 Å². The first-order valence-electron chi connectivity index (χ1n) is 5.25. The van der Waals surface area contributed by atoms with Crippen LogP contribution in [0.3, 0.4) is 0 Å². The van der Waals surface area contributed by atoms with Crippen LogP contribution < -0.4 is 5.56 Å². The molecule has 0 spiro atoms. The first-order valence-corrected chi connectivity index (χ1v) is 5.25. The standard InChI is InChI=1S/C11H14N2O3/c1-8-3-2-5-13(10(8)14)9-4-6-12(7-9)11(15)16/h2-3,5,9H,4,6-7H2,1H3,(H,15,16). The SMILES string of the molecule is Cc1cccn(C2CCN(C(=O)O)C2)c1=O. The van der Waals surface area contributed by atoms with Crippen molar-refractivity contribution in [3.05, 3.63) is 34.2 Å². The quantitative estimate of drug-likeness (QED) is 0.773. The lowest BCUT2D eigenvalue weighted by molar-refractivity contribution is 0.154. The van der Waals surface area contributed by atoms with Crippen LogP contribution in [-0.2, 0) is 0 Å². The number of nitrogens with zero attached hydrogens (tertiary/aromatic N) is 2. The molecule has 0 saturated carbocycles. The molecule has 1 unspecified atom stereocenters. The van der Waals surface area contributed by atoms with Crippen LogP contribution in [0.2, 0.25) is 0 Å². The molecule has 0 aromatic carbocycles. The van der Waals surface area contributed by atoms with E-state index in [0.717, 1.165) is 0 Å². The van der Waals surface area contributed by atoms with Gasteiger partial charge < -0.3 is 14.6 Å². The maximum atomic E-state index is 11.8. The Bertz CT molecular complexity index is 467. The summed E-state index contributed by atoms with van der Waals surface area (Å²) in [6, 6.07) is 3.56. The fraction of sp³-hybridized carbons (Fsp3) is 0.455. The Morgan fingerprint density at radius 2 is 2.31 bits per heavy atom. The molecule has 86 valence electrons. The number of carbonyl (C=O) groups is 1. The van der Waals surface area contributed by atoms with Crippen molar-refractivity contribution < 1.29 is 9.90 Å². The number of pyridine rings is 1. The van der Waals surface area contributed by atoms with Gasteiger partial charge in [0.1, 0.15) is 0 Å². The maximum Gasteiger partial charge on any atom is 0.407 e. The number of amides is 1. The average Bonchev–Trinajstić information content (AvgIpc) is 2.71. The van der Waals surface area contributed by atoms with Crippen molar-refractivity contribution in [1.29, 1.82) is 0 Å². The number of aryl methyl sites for hydroxylation is 1. The van der Waals surface area contributed by atoms with Gasteiger partial charge in [-0.05, 0) is 19.4 Å². The normalized spacial score (nSPS) is 20.1. The summed E-state index contributed by atoms with van der Waals surface area (Å²) >= 11 is 0. The Labute approximate surface area is 92.9 Å². The lowest BCUT2D eigenvalue weighted by Crippen LogP contribution is -2.30. The molecule has 1 aromatic rings. The third kappa shape index (κ3) is 1.80. The van der Waals surface area contributed by atoms with E-state index in [4.69, 9.17) is 5.11 Å². The molecule has 1 aromatic heterocycles. The predicted octanol–water partition coefficient (Wildman–Crippen LogP) is 1.08. The maximum absolute atomic E-state index is 11.8. The van der Waals surface area contributed by atoms with Crippen LogP contribution in [-0.4, -0.2) is 33.8 Å². The van der Waals surface area contributed by atoms with Crippen LogP contribution in [0.5, 0.6) is 0 Å². The smallest absolute Gasteiger partial charge is 0.407 e. The van der Waals surface area contributed by atoms with E-state index in [2.05, 4.69) is 0 Å². The zero-order valence-corrected chi connectivity index (χ0v) is 9.09. The van der Waals surface area contributed by atoms with E-state index in [0.29, 0.717) is 25.1 Å². The molecule has 0 aliphatic carbocycles. The molecule has 2 rings (SSSR count). The number of rotatable bonds is 1. The molecule has 1 atom stereocenters. The van der Waals surface area contributed by atoms with E-state index in [1.54, 1.807) is 23.8 Å². The molecule has 1 N–H and O–H groups in total. The van der Waals surface area contributed by atoms with Gasteiger partial charge in [0.25, 0.3) is 5.56 Å². The Kier molecular flexibility index (Phi) is 2.68. The Balaban J connectivity index is 2.24. The van der Waals surface area contributed by atoms with E-state index in [-0.39, 0.29) is 11.6 Å². The first-order chi connectivity index (χ1) is 7.59. The van der Waals surface area contributed by atoms with E-state index in [1.807, 2.05) is 6.07 Å². The van der Waals surface area contributed by atoms with Gasteiger partial charge in [0.05, 0.1) is 6.04 Å². The third-order valence-corrected chi connectivity index (χ3v) is 2.99. The molecule has 1 amide bonds. The molecule has 16 heavy (non-hydrogen) atoms. The second kappa shape index (κ2) is 4.00. The fourth-order valence-corrected chi connectivity index (χ4v) is 2.05. The third-order valence-electron chi connectivity index (χ3n) is 2.99.